The van der Waals surface area contributed by atoms with Crippen molar-refractivity contribution in [3.05, 3.63) is 20.8 Å². The van der Waals surface area contributed by atoms with Crippen molar-refractivity contribution < 1.29 is 0 Å². The van der Waals surface area contributed by atoms with E-state index in [9.17, 15) is 0 Å². The summed E-state index contributed by atoms with van der Waals surface area (Å²) in [5.74, 6) is 0. The molecule has 2 heterocycles. The highest BCUT2D eigenvalue weighted by atomic mass is 79.9. The summed E-state index contributed by atoms with van der Waals surface area (Å²) < 4.78 is 1.21. The maximum Gasteiger partial charge on any atom is 0.0491 e. The zero-order chi connectivity index (χ0) is 12.5. The smallest absolute Gasteiger partial charge is 0.0491 e. The van der Waals surface area contributed by atoms with Crippen LogP contribution in [0.4, 0.5) is 0 Å². The summed E-state index contributed by atoms with van der Waals surface area (Å²) in [7, 11) is 0. The monoisotopic (exact) mass is 316 g/mol. The van der Waals surface area contributed by atoms with Gasteiger partial charge in [-0.2, -0.15) is 0 Å². The van der Waals surface area contributed by atoms with Gasteiger partial charge in [-0.15, -0.1) is 11.3 Å². The van der Waals surface area contributed by atoms with Crippen molar-refractivity contribution in [2.24, 2.45) is 5.41 Å². The second-order valence-electron chi connectivity index (χ2n) is 5.72. The maximum atomic E-state index is 3.57. The van der Waals surface area contributed by atoms with E-state index in [1.807, 2.05) is 11.3 Å². The average molecular weight is 317 g/mol. The van der Waals surface area contributed by atoms with Crippen LogP contribution in [0, 0.1) is 5.41 Å². The number of hydrogen-bond acceptors (Lipinski definition) is 3. The van der Waals surface area contributed by atoms with Crippen LogP contribution < -0.4 is 5.32 Å². The molecule has 0 aliphatic carbocycles. The lowest BCUT2D eigenvalue weighted by Crippen LogP contribution is -2.48. The third kappa shape index (κ3) is 3.31. The predicted octanol–water partition coefficient (Wildman–Crippen LogP) is 3.50. The number of rotatable bonds is 2. The Bertz CT molecular complexity index is 364. The molecule has 0 saturated carbocycles. The van der Waals surface area contributed by atoms with Crippen LogP contribution >= 0.6 is 27.3 Å². The van der Waals surface area contributed by atoms with Gasteiger partial charge in [-0.25, -0.2) is 0 Å². The first kappa shape index (κ1) is 13.5. The van der Waals surface area contributed by atoms with Crippen LogP contribution in [0.5, 0.6) is 0 Å². The van der Waals surface area contributed by atoms with Crippen LogP contribution in [0.2, 0.25) is 0 Å². The summed E-state index contributed by atoms with van der Waals surface area (Å²) >= 11 is 5.44. The molecule has 0 bridgehead atoms. The highest BCUT2D eigenvalue weighted by Gasteiger charge is 2.33. The van der Waals surface area contributed by atoms with Gasteiger partial charge in [0.25, 0.3) is 0 Å². The van der Waals surface area contributed by atoms with E-state index in [0.717, 1.165) is 26.2 Å². The molecule has 17 heavy (non-hydrogen) atoms. The maximum absolute atomic E-state index is 3.57. The fraction of sp³-hybridized carbons (Fsp3) is 0.692. The molecule has 2 rings (SSSR count). The molecular formula is C13H21BrN2S. The Kier molecular flexibility index (Phi) is 4.29. The van der Waals surface area contributed by atoms with Crippen LogP contribution in [0.15, 0.2) is 15.9 Å². The van der Waals surface area contributed by atoms with E-state index in [2.05, 4.69) is 58.4 Å². The normalized spacial score (nSPS) is 20.5. The van der Waals surface area contributed by atoms with Crippen molar-refractivity contribution in [3.8, 4) is 0 Å². The van der Waals surface area contributed by atoms with Crippen LogP contribution in [0.3, 0.4) is 0 Å². The second kappa shape index (κ2) is 5.39. The largest absolute Gasteiger partial charge is 0.314 e. The summed E-state index contributed by atoms with van der Waals surface area (Å²) in [6, 6.07) is 2.81. The van der Waals surface area contributed by atoms with E-state index in [4.69, 9.17) is 0 Å². The molecule has 1 aromatic rings. The SMILES string of the molecule is CC(C)(C)[C@@H](c1cc(Br)cs1)N1CCNCC1. The lowest BCUT2D eigenvalue weighted by atomic mass is 9.84. The Morgan fingerprint density at radius 1 is 1.35 bits per heavy atom. The molecule has 1 saturated heterocycles. The number of piperazine rings is 1. The molecular weight excluding hydrogens is 296 g/mol. The molecule has 1 N–H and O–H groups in total. The van der Waals surface area contributed by atoms with E-state index in [1.54, 1.807) is 0 Å². The quantitative estimate of drug-likeness (QED) is 0.898. The number of nitrogens with zero attached hydrogens (tertiary/aromatic N) is 1. The minimum atomic E-state index is 0.279. The van der Waals surface area contributed by atoms with E-state index in [-0.39, 0.29) is 5.41 Å². The van der Waals surface area contributed by atoms with Crippen molar-refractivity contribution >= 4 is 27.3 Å². The van der Waals surface area contributed by atoms with E-state index in [0.29, 0.717) is 6.04 Å². The van der Waals surface area contributed by atoms with Crippen LogP contribution in [-0.4, -0.2) is 31.1 Å². The van der Waals surface area contributed by atoms with Gasteiger partial charge in [0.2, 0.25) is 0 Å². The summed E-state index contributed by atoms with van der Waals surface area (Å²) in [6.07, 6.45) is 0. The Morgan fingerprint density at radius 2 is 2.00 bits per heavy atom. The van der Waals surface area contributed by atoms with Gasteiger partial charge in [0, 0.05) is 47.0 Å². The van der Waals surface area contributed by atoms with Crippen molar-refractivity contribution in [2.45, 2.75) is 26.8 Å². The molecule has 0 amide bonds. The molecule has 0 radical (unpaired) electrons. The standard InChI is InChI=1S/C13H21BrN2S/c1-13(2,3)12(11-8-10(14)9-17-11)16-6-4-15-5-7-16/h8-9,12,15H,4-7H2,1-3H3/t12-/m1/s1. The third-order valence-corrected chi connectivity index (χ3v) is 4.94. The Hall–Kier alpha value is 0.1000. The number of hydrogen-bond donors (Lipinski definition) is 1. The minimum absolute atomic E-state index is 0.279. The molecule has 2 nitrogen and oxygen atoms in total. The molecule has 0 unspecified atom stereocenters. The number of nitrogens with one attached hydrogen (secondary N) is 1. The molecule has 1 aromatic heterocycles. The first-order valence-electron chi connectivity index (χ1n) is 6.17. The molecule has 0 spiro atoms. The summed E-state index contributed by atoms with van der Waals surface area (Å²) in [6.45, 7) is 11.5. The Morgan fingerprint density at radius 3 is 2.47 bits per heavy atom. The van der Waals surface area contributed by atoms with Gasteiger partial charge in [-0.1, -0.05) is 20.8 Å². The van der Waals surface area contributed by atoms with Gasteiger partial charge < -0.3 is 5.32 Å². The molecule has 1 atom stereocenters. The van der Waals surface area contributed by atoms with Crippen molar-refractivity contribution in [1.82, 2.24) is 10.2 Å². The van der Waals surface area contributed by atoms with E-state index < -0.39 is 0 Å². The minimum Gasteiger partial charge on any atom is -0.314 e. The molecule has 1 fully saturated rings. The van der Waals surface area contributed by atoms with Gasteiger partial charge in [0.15, 0.2) is 0 Å². The van der Waals surface area contributed by atoms with Crippen LogP contribution in [-0.2, 0) is 0 Å². The van der Waals surface area contributed by atoms with Crippen LogP contribution in [0.1, 0.15) is 31.7 Å². The first-order valence-corrected chi connectivity index (χ1v) is 7.84. The highest BCUT2D eigenvalue weighted by Crippen LogP contribution is 2.41. The highest BCUT2D eigenvalue weighted by molar-refractivity contribution is 9.10. The zero-order valence-corrected chi connectivity index (χ0v) is 13.2. The number of halogens is 1. The summed E-state index contributed by atoms with van der Waals surface area (Å²) in [5, 5.41) is 5.62. The third-order valence-electron chi connectivity index (χ3n) is 3.19. The van der Waals surface area contributed by atoms with Gasteiger partial charge in [0.1, 0.15) is 0 Å². The fourth-order valence-electron chi connectivity index (χ4n) is 2.57. The Labute approximate surface area is 117 Å². The average Bonchev–Trinajstić information content (AvgIpc) is 2.64. The van der Waals surface area contributed by atoms with Crippen molar-refractivity contribution in [1.29, 1.82) is 0 Å². The lowest BCUT2D eigenvalue weighted by molar-refractivity contribution is 0.0888. The van der Waals surface area contributed by atoms with Gasteiger partial charge in [-0.3, -0.25) is 4.90 Å². The Balaban J connectivity index is 2.24. The van der Waals surface area contributed by atoms with Crippen molar-refractivity contribution in [3.63, 3.8) is 0 Å². The molecule has 4 heteroatoms. The second-order valence-corrected chi connectivity index (χ2v) is 7.58. The van der Waals surface area contributed by atoms with E-state index in [1.165, 1.54) is 9.35 Å². The van der Waals surface area contributed by atoms with Gasteiger partial charge >= 0.3 is 0 Å². The summed E-state index contributed by atoms with van der Waals surface area (Å²) in [5.41, 5.74) is 0.279. The molecule has 1 aliphatic rings. The lowest BCUT2D eigenvalue weighted by Gasteiger charge is -2.41. The molecule has 1 aliphatic heterocycles. The molecule has 96 valence electrons. The zero-order valence-electron chi connectivity index (χ0n) is 10.8. The topological polar surface area (TPSA) is 15.3 Å². The van der Waals surface area contributed by atoms with Crippen molar-refractivity contribution in [2.75, 3.05) is 26.2 Å². The number of thiophene rings is 1. The summed E-state index contributed by atoms with van der Waals surface area (Å²) in [4.78, 5) is 4.10. The van der Waals surface area contributed by atoms with Gasteiger partial charge in [0.05, 0.1) is 0 Å². The fourth-order valence-corrected chi connectivity index (χ4v) is 4.39. The molecule has 0 aromatic carbocycles. The van der Waals surface area contributed by atoms with Gasteiger partial charge in [-0.05, 0) is 27.4 Å². The van der Waals surface area contributed by atoms with Crippen LogP contribution in [0.25, 0.3) is 0 Å². The van der Waals surface area contributed by atoms with E-state index >= 15 is 0 Å². The predicted molar refractivity (Wildman–Crippen MR) is 78.7 cm³/mol. The first-order chi connectivity index (χ1) is 7.98.